The van der Waals surface area contributed by atoms with E-state index in [2.05, 4.69) is 28.6 Å². The summed E-state index contributed by atoms with van der Waals surface area (Å²) in [6.07, 6.45) is 1.02. The maximum Gasteiger partial charge on any atom is 0.326 e. The Hall–Kier alpha value is -2.38. The van der Waals surface area contributed by atoms with Gasteiger partial charge in [0.2, 0.25) is 23.6 Å². The van der Waals surface area contributed by atoms with Gasteiger partial charge in [0.25, 0.3) is 0 Å². The zero-order valence-corrected chi connectivity index (χ0v) is 19.4. The average Bonchev–Trinajstić information content (AvgIpc) is 2.72. The fourth-order valence-corrected chi connectivity index (χ4v) is 2.88. The molecule has 0 saturated heterocycles. The summed E-state index contributed by atoms with van der Waals surface area (Å²) < 4.78 is 0. The lowest BCUT2D eigenvalue weighted by Gasteiger charge is -2.26. The van der Waals surface area contributed by atoms with Gasteiger partial charge in [-0.15, -0.1) is 0 Å². The first kappa shape index (κ1) is 29.6. The van der Waals surface area contributed by atoms with E-state index in [-0.39, 0.29) is 25.0 Å². The van der Waals surface area contributed by atoms with E-state index in [1.54, 1.807) is 13.8 Å². The van der Waals surface area contributed by atoms with Crippen molar-refractivity contribution in [3.63, 3.8) is 0 Å². The van der Waals surface area contributed by atoms with Gasteiger partial charge in [0, 0.05) is 12.2 Å². The Labute approximate surface area is 193 Å². The van der Waals surface area contributed by atoms with E-state index in [0.29, 0.717) is 19.4 Å². The van der Waals surface area contributed by atoms with Gasteiger partial charge < -0.3 is 38.3 Å². The van der Waals surface area contributed by atoms with Crippen LogP contribution in [0.3, 0.4) is 0 Å². The lowest BCUT2D eigenvalue weighted by Crippen LogP contribution is -2.57. The Morgan fingerprint density at radius 2 is 1.44 bits per heavy atom. The number of aliphatic carboxylic acids is 1. The molecule has 10 N–H and O–H groups in total. The average molecular weight is 477 g/mol. The Balaban J connectivity index is 5.50. The molecular weight excluding hydrogens is 440 g/mol. The number of rotatable bonds is 16. The highest BCUT2D eigenvalue weighted by Crippen LogP contribution is 2.07. The summed E-state index contributed by atoms with van der Waals surface area (Å²) in [7, 11) is 0. The van der Waals surface area contributed by atoms with Crippen LogP contribution in [0.25, 0.3) is 0 Å². The number of amides is 4. The minimum atomic E-state index is -1.24. The van der Waals surface area contributed by atoms with E-state index >= 15 is 0 Å². The second-order valence-corrected chi connectivity index (χ2v) is 8.13. The Morgan fingerprint density at radius 3 is 1.91 bits per heavy atom. The third-order valence-electron chi connectivity index (χ3n) is 4.66. The van der Waals surface area contributed by atoms with Crippen molar-refractivity contribution in [3.8, 4) is 0 Å². The highest BCUT2D eigenvalue weighted by Gasteiger charge is 2.31. The van der Waals surface area contributed by atoms with Crippen LogP contribution >= 0.6 is 12.6 Å². The Bertz CT molecular complexity index is 662. The van der Waals surface area contributed by atoms with Gasteiger partial charge in [-0.3, -0.25) is 19.2 Å². The van der Waals surface area contributed by atoms with Gasteiger partial charge in [0.1, 0.15) is 18.1 Å². The first-order chi connectivity index (χ1) is 14.9. The topological polar surface area (TPSA) is 220 Å². The smallest absolute Gasteiger partial charge is 0.326 e. The van der Waals surface area contributed by atoms with Crippen molar-refractivity contribution in [1.29, 1.82) is 0 Å². The summed E-state index contributed by atoms with van der Waals surface area (Å²) in [4.78, 5) is 60.3. The predicted octanol–water partition coefficient (Wildman–Crippen LogP) is -2.17. The molecule has 0 radical (unpaired) electrons. The van der Waals surface area contributed by atoms with Gasteiger partial charge in [-0.1, -0.05) is 13.8 Å². The van der Waals surface area contributed by atoms with E-state index in [1.165, 1.54) is 0 Å². The number of thiol groups is 1. The minimum Gasteiger partial charge on any atom is -0.480 e. The number of carbonyl (C=O) groups is 5. The SMILES string of the molecule is CC(C)C(NC(=O)C(CCC(N)=O)NC(=O)C(CCCCN)NC(=O)C(N)CS)C(=O)O. The fourth-order valence-electron chi connectivity index (χ4n) is 2.72. The van der Waals surface area contributed by atoms with Crippen LogP contribution < -0.4 is 33.2 Å². The normalized spacial score (nSPS) is 14.7. The molecule has 0 heterocycles. The molecule has 32 heavy (non-hydrogen) atoms. The number of carbonyl (C=O) groups excluding carboxylic acids is 4. The van der Waals surface area contributed by atoms with Crippen molar-refractivity contribution < 1.29 is 29.1 Å². The summed E-state index contributed by atoms with van der Waals surface area (Å²) >= 11 is 3.96. The maximum atomic E-state index is 12.9. The van der Waals surface area contributed by atoms with E-state index < -0.39 is 59.7 Å². The zero-order chi connectivity index (χ0) is 24.8. The number of hydrogen-bond donors (Lipinski definition) is 8. The van der Waals surface area contributed by atoms with Crippen molar-refractivity contribution in [2.24, 2.45) is 23.1 Å². The van der Waals surface area contributed by atoms with Gasteiger partial charge in [-0.2, -0.15) is 12.6 Å². The van der Waals surface area contributed by atoms with Crippen molar-refractivity contribution in [2.75, 3.05) is 12.3 Å². The van der Waals surface area contributed by atoms with E-state index in [4.69, 9.17) is 17.2 Å². The van der Waals surface area contributed by atoms with Gasteiger partial charge in [0.05, 0.1) is 6.04 Å². The first-order valence-corrected chi connectivity index (χ1v) is 11.1. The molecule has 0 aliphatic heterocycles. The van der Waals surface area contributed by atoms with Crippen LogP contribution in [0.4, 0.5) is 0 Å². The molecule has 12 nitrogen and oxygen atoms in total. The number of unbranched alkanes of at least 4 members (excludes halogenated alkanes) is 1. The number of carboxylic acid groups (broad SMARTS) is 1. The van der Waals surface area contributed by atoms with Gasteiger partial charge >= 0.3 is 5.97 Å². The summed E-state index contributed by atoms with van der Waals surface area (Å²) in [6, 6.07) is -4.37. The Morgan fingerprint density at radius 1 is 0.906 bits per heavy atom. The number of nitrogens with two attached hydrogens (primary N) is 3. The molecule has 0 spiro atoms. The zero-order valence-electron chi connectivity index (χ0n) is 18.5. The monoisotopic (exact) mass is 476 g/mol. The van der Waals surface area contributed by atoms with Crippen LogP contribution in [0.5, 0.6) is 0 Å². The summed E-state index contributed by atoms with van der Waals surface area (Å²) in [6.45, 7) is 3.63. The largest absolute Gasteiger partial charge is 0.480 e. The van der Waals surface area contributed by atoms with E-state index in [0.717, 1.165) is 0 Å². The lowest BCUT2D eigenvalue weighted by atomic mass is 10.0. The molecule has 0 aliphatic rings. The Kier molecular flexibility index (Phi) is 14.3. The molecule has 13 heteroatoms. The summed E-state index contributed by atoms with van der Waals surface area (Å²) in [5, 5.41) is 16.7. The molecule has 0 fully saturated rings. The number of hydrogen-bond acceptors (Lipinski definition) is 8. The predicted molar refractivity (Wildman–Crippen MR) is 121 cm³/mol. The van der Waals surface area contributed by atoms with E-state index in [1.807, 2.05) is 0 Å². The van der Waals surface area contributed by atoms with Crippen LogP contribution in [-0.2, 0) is 24.0 Å². The molecule has 184 valence electrons. The van der Waals surface area contributed by atoms with Crippen molar-refractivity contribution in [2.45, 2.75) is 70.1 Å². The second-order valence-electron chi connectivity index (χ2n) is 7.77. The highest BCUT2D eigenvalue weighted by molar-refractivity contribution is 7.80. The maximum absolute atomic E-state index is 12.9. The molecule has 0 aromatic carbocycles. The van der Waals surface area contributed by atoms with Crippen molar-refractivity contribution in [1.82, 2.24) is 16.0 Å². The lowest BCUT2D eigenvalue weighted by molar-refractivity contribution is -0.143. The molecule has 0 rings (SSSR count). The van der Waals surface area contributed by atoms with Crippen LogP contribution in [0.2, 0.25) is 0 Å². The van der Waals surface area contributed by atoms with Crippen molar-refractivity contribution >= 4 is 42.2 Å². The van der Waals surface area contributed by atoms with Gasteiger partial charge in [0.15, 0.2) is 0 Å². The van der Waals surface area contributed by atoms with Crippen LogP contribution in [0.15, 0.2) is 0 Å². The molecule has 4 amide bonds. The number of primary amides is 1. The fraction of sp³-hybridized carbons (Fsp3) is 0.737. The van der Waals surface area contributed by atoms with Gasteiger partial charge in [-0.25, -0.2) is 4.79 Å². The number of nitrogens with one attached hydrogen (secondary N) is 3. The molecule has 4 unspecified atom stereocenters. The van der Waals surface area contributed by atoms with Crippen LogP contribution in [-0.4, -0.2) is 71.2 Å². The second kappa shape index (κ2) is 15.4. The standard InChI is InChI=1S/C19H36N6O6S/c1-10(2)15(19(30)31)25-18(29)13(6-7-14(22)26)24-17(28)12(5-3-4-8-20)23-16(27)11(21)9-32/h10-13,15,32H,3-9,20-21H2,1-2H3,(H2,22,26)(H,23,27)(H,24,28)(H,25,29)(H,30,31). The first-order valence-electron chi connectivity index (χ1n) is 10.4. The molecule has 0 aromatic heterocycles. The van der Waals surface area contributed by atoms with E-state index in [9.17, 15) is 29.1 Å². The third-order valence-corrected chi connectivity index (χ3v) is 5.05. The molecule has 0 saturated carbocycles. The highest BCUT2D eigenvalue weighted by atomic mass is 32.1. The molecule has 4 atom stereocenters. The quantitative estimate of drug-likeness (QED) is 0.0902. The van der Waals surface area contributed by atoms with Gasteiger partial charge in [-0.05, 0) is 38.1 Å². The molecule has 0 bridgehead atoms. The summed E-state index contributed by atoms with van der Waals surface area (Å²) in [5.74, 6) is -4.32. The van der Waals surface area contributed by atoms with Crippen molar-refractivity contribution in [3.05, 3.63) is 0 Å². The summed E-state index contributed by atoms with van der Waals surface area (Å²) in [5.41, 5.74) is 16.3. The minimum absolute atomic E-state index is 0.0679. The molecule has 0 aliphatic carbocycles. The molecular formula is C19H36N6O6S. The van der Waals surface area contributed by atoms with Crippen LogP contribution in [0, 0.1) is 5.92 Å². The molecule has 0 aromatic rings. The number of carboxylic acids is 1. The van der Waals surface area contributed by atoms with Crippen LogP contribution in [0.1, 0.15) is 46.0 Å². The third kappa shape index (κ3) is 11.3.